The fourth-order valence-corrected chi connectivity index (χ4v) is 5.53. The van der Waals surface area contributed by atoms with Gasteiger partial charge in [0.15, 0.2) is 0 Å². The van der Waals surface area contributed by atoms with Crippen molar-refractivity contribution < 1.29 is 0 Å². The van der Waals surface area contributed by atoms with E-state index in [1.807, 2.05) is 0 Å². The van der Waals surface area contributed by atoms with E-state index in [1.54, 1.807) is 0 Å². The monoisotopic (exact) mass is 318 g/mol. The summed E-state index contributed by atoms with van der Waals surface area (Å²) in [6.45, 7) is 0.943. The van der Waals surface area contributed by atoms with Gasteiger partial charge in [-0.3, -0.25) is 4.98 Å². The van der Waals surface area contributed by atoms with Gasteiger partial charge >= 0.3 is 0 Å². The number of para-hydroxylation sites is 1. The molecule has 5 rings (SSSR count). The first-order valence-corrected chi connectivity index (χ1v) is 9.15. The molecule has 3 aromatic rings. The van der Waals surface area contributed by atoms with Gasteiger partial charge in [0.05, 0.1) is 16.5 Å². The molecule has 114 valence electrons. The van der Waals surface area contributed by atoms with E-state index < -0.39 is 0 Å². The summed E-state index contributed by atoms with van der Waals surface area (Å²) < 4.78 is 0. The van der Waals surface area contributed by atoms with Crippen LogP contribution in [0.5, 0.6) is 0 Å². The molecule has 0 saturated carbocycles. The summed E-state index contributed by atoms with van der Waals surface area (Å²) in [6.07, 6.45) is 1.22. The normalized spacial score (nSPS) is 25.0. The molecule has 1 fully saturated rings. The number of hydrogen-bond donors (Lipinski definition) is 1. The Morgan fingerprint density at radius 2 is 1.87 bits per heavy atom. The van der Waals surface area contributed by atoms with Gasteiger partial charge in [0.2, 0.25) is 0 Å². The van der Waals surface area contributed by atoms with Crippen LogP contribution in [0.25, 0.3) is 10.9 Å². The van der Waals surface area contributed by atoms with Crippen molar-refractivity contribution in [3.8, 4) is 0 Å². The molecule has 0 spiro atoms. The van der Waals surface area contributed by atoms with Gasteiger partial charge in [-0.25, -0.2) is 0 Å². The third kappa shape index (κ3) is 2.27. The quantitative estimate of drug-likeness (QED) is 0.762. The molecule has 3 heteroatoms. The largest absolute Gasteiger partial charge is 0.308 e. The average Bonchev–Trinajstić information content (AvgIpc) is 3.18. The van der Waals surface area contributed by atoms with Gasteiger partial charge < -0.3 is 5.32 Å². The summed E-state index contributed by atoms with van der Waals surface area (Å²) in [5, 5.41) is 6.14. The first-order valence-electron chi connectivity index (χ1n) is 8.21. The predicted molar refractivity (Wildman–Crippen MR) is 96.5 cm³/mol. The van der Waals surface area contributed by atoms with Crippen molar-refractivity contribution in [3.63, 3.8) is 0 Å². The van der Waals surface area contributed by atoms with Crippen LogP contribution in [0.1, 0.15) is 33.7 Å². The van der Waals surface area contributed by atoms with Crippen LogP contribution in [-0.4, -0.2) is 11.0 Å². The highest BCUT2D eigenvalue weighted by atomic mass is 32.2. The molecule has 0 amide bonds. The number of aromatic nitrogens is 1. The zero-order chi connectivity index (χ0) is 15.2. The highest BCUT2D eigenvalue weighted by Gasteiger charge is 2.45. The summed E-state index contributed by atoms with van der Waals surface area (Å²) in [7, 11) is 0. The highest BCUT2D eigenvalue weighted by Crippen LogP contribution is 2.60. The van der Waals surface area contributed by atoms with Crippen LogP contribution in [0.3, 0.4) is 0 Å². The Labute approximate surface area is 140 Å². The van der Waals surface area contributed by atoms with Gasteiger partial charge in [-0.1, -0.05) is 48.5 Å². The molecule has 3 atom stereocenters. The van der Waals surface area contributed by atoms with Crippen molar-refractivity contribution in [2.75, 3.05) is 0 Å². The SMILES string of the molecule is c1ccc(CNC2CC3SC2c2nc4ccccc4cc23)cc1. The van der Waals surface area contributed by atoms with Crippen molar-refractivity contribution in [1.82, 2.24) is 10.3 Å². The molecule has 2 bridgehead atoms. The van der Waals surface area contributed by atoms with E-state index in [4.69, 9.17) is 4.98 Å². The van der Waals surface area contributed by atoms with Gasteiger partial charge in [0.25, 0.3) is 0 Å². The van der Waals surface area contributed by atoms with Crippen molar-refractivity contribution in [2.45, 2.75) is 29.5 Å². The van der Waals surface area contributed by atoms with Crippen LogP contribution in [-0.2, 0) is 6.54 Å². The Kier molecular flexibility index (Phi) is 3.17. The minimum Gasteiger partial charge on any atom is -0.308 e. The number of nitrogens with zero attached hydrogens (tertiary/aromatic N) is 1. The van der Waals surface area contributed by atoms with Crippen molar-refractivity contribution >= 4 is 22.7 Å². The van der Waals surface area contributed by atoms with Crippen LogP contribution in [0.15, 0.2) is 60.7 Å². The zero-order valence-electron chi connectivity index (χ0n) is 12.8. The predicted octanol–water partition coefficient (Wildman–Crippen LogP) is 4.63. The van der Waals surface area contributed by atoms with Gasteiger partial charge in [0, 0.05) is 23.2 Å². The molecule has 3 unspecified atom stereocenters. The molecule has 0 aliphatic carbocycles. The number of nitrogens with one attached hydrogen (secondary N) is 1. The Hall–Kier alpha value is -1.84. The Bertz CT molecular complexity index is 862. The van der Waals surface area contributed by atoms with E-state index in [-0.39, 0.29) is 0 Å². The lowest BCUT2D eigenvalue weighted by atomic mass is 9.91. The van der Waals surface area contributed by atoms with Gasteiger partial charge in [-0.15, -0.1) is 11.8 Å². The van der Waals surface area contributed by atoms with E-state index >= 15 is 0 Å². The van der Waals surface area contributed by atoms with E-state index in [9.17, 15) is 0 Å². The molecule has 2 aliphatic heterocycles. The van der Waals surface area contributed by atoms with Crippen molar-refractivity contribution in [1.29, 1.82) is 0 Å². The zero-order valence-corrected chi connectivity index (χ0v) is 13.6. The molecule has 1 N–H and O–H groups in total. The fraction of sp³-hybridized carbons (Fsp3) is 0.250. The maximum Gasteiger partial charge on any atom is 0.0706 e. The smallest absolute Gasteiger partial charge is 0.0706 e. The molecule has 23 heavy (non-hydrogen) atoms. The standard InChI is InChI=1S/C20H18N2S/c1-2-6-13(7-3-1)12-21-17-11-18-15-10-14-8-4-5-9-16(14)22-19(15)20(17)23-18/h1-10,17-18,20-21H,11-12H2. The van der Waals surface area contributed by atoms with Crippen LogP contribution in [0, 0.1) is 0 Å². The topological polar surface area (TPSA) is 24.9 Å². The minimum atomic E-state index is 0.503. The van der Waals surface area contributed by atoms with Crippen LogP contribution in [0.4, 0.5) is 0 Å². The second-order valence-corrected chi connectivity index (χ2v) is 7.76. The lowest BCUT2D eigenvalue weighted by molar-refractivity contribution is 0.468. The van der Waals surface area contributed by atoms with Crippen LogP contribution < -0.4 is 5.32 Å². The molecule has 1 saturated heterocycles. The van der Waals surface area contributed by atoms with Crippen LogP contribution in [0.2, 0.25) is 0 Å². The number of thioether (sulfide) groups is 1. The molecule has 2 nitrogen and oxygen atoms in total. The fourth-order valence-electron chi connectivity index (χ4n) is 3.81. The Morgan fingerprint density at radius 3 is 2.78 bits per heavy atom. The molecular weight excluding hydrogens is 300 g/mol. The van der Waals surface area contributed by atoms with Crippen molar-refractivity contribution in [2.24, 2.45) is 0 Å². The number of benzene rings is 2. The third-order valence-electron chi connectivity index (χ3n) is 4.96. The summed E-state index contributed by atoms with van der Waals surface area (Å²) in [6, 6.07) is 22.0. The Balaban J connectivity index is 1.42. The second-order valence-electron chi connectivity index (χ2n) is 6.41. The number of pyridine rings is 1. The first-order chi connectivity index (χ1) is 11.4. The summed E-state index contributed by atoms with van der Waals surface area (Å²) in [5.41, 5.74) is 5.26. The number of rotatable bonds is 3. The molecule has 3 heterocycles. The van der Waals surface area contributed by atoms with Crippen LogP contribution >= 0.6 is 11.8 Å². The Morgan fingerprint density at radius 1 is 1.04 bits per heavy atom. The molecule has 2 aromatic carbocycles. The van der Waals surface area contributed by atoms with E-state index in [0.717, 1.165) is 12.1 Å². The molecular formula is C20H18N2S. The summed E-state index contributed by atoms with van der Waals surface area (Å²) in [4.78, 5) is 4.98. The maximum absolute atomic E-state index is 4.98. The van der Waals surface area contributed by atoms with E-state index in [0.29, 0.717) is 16.5 Å². The molecule has 1 aromatic heterocycles. The van der Waals surface area contributed by atoms with Gasteiger partial charge in [-0.05, 0) is 29.7 Å². The van der Waals surface area contributed by atoms with Gasteiger partial charge in [0.1, 0.15) is 0 Å². The molecule has 2 aliphatic rings. The van der Waals surface area contributed by atoms with Crippen molar-refractivity contribution in [3.05, 3.63) is 77.5 Å². The maximum atomic E-state index is 4.98. The first kappa shape index (κ1) is 13.6. The lowest BCUT2D eigenvalue weighted by Gasteiger charge is -2.24. The second kappa shape index (κ2) is 5.36. The molecule has 0 radical (unpaired) electrons. The minimum absolute atomic E-state index is 0.503. The van der Waals surface area contributed by atoms with Gasteiger partial charge in [-0.2, -0.15) is 0 Å². The summed E-state index contributed by atoms with van der Waals surface area (Å²) >= 11 is 2.09. The van der Waals surface area contributed by atoms with E-state index in [1.165, 1.54) is 28.6 Å². The summed E-state index contributed by atoms with van der Waals surface area (Å²) in [5.74, 6) is 0. The highest BCUT2D eigenvalue weighted by molar-refractivity contribution is 8.00. The average molecular weight is 318 g/mol. The number of hydrogen-bond acceptors (Lipinski definition) is 3. The van der Waals surface area contributed by atoms with E-state index in [2.05, 4.69) is 77.7 Å². The third-order valence-corrected chi connectivity index (χ3v) is 6.58. The lowest BCUT2D eigenvalue weighted by Crippen LogP contribution is -2.32. The number of fused-ring (bicyclic) bond motifs is 6.